The zero-order chi connectivity index (χ0) is 23.1. The van der Waals surface area contributed by atoms with E-state index in [1.165, 1.54) is 16.8 Å². The number of rotatable bonds is 4. The summed E-state index contributed by atoms with van der Waals surface area (Å²) in [4.78, 5) is 25.1. The minimum Gasteiger partial charge on any atom is -0.378 e. The summed E-state index contributed by atoms with van der Waals surface area (Å²) in [6, 6.07) is 24.2. The number of hydrogen-bond acceptors (Lipinski definition) is 3. The fourth-order valence-electron chi connectivity index (χ4n) is 2.99. The van der Waals surface area contributed by atoms with Gasteiger partial charge in [-0.05, 0) is 42.5 Å². The fraction of sp³-hybridized carbons (Fsp3) is 0.120. The quantitative estimate of drug-likeness (QED) is 0.468. The van der Waals surface area contributed by atoms with E-state index in [1.54, 1.807) is 29.0 Å². The van der Waals surface area contributed by atoms with Gasteiger partial charge in [0.05, 0.1) is 5.69 Å². The fourth-order valence-corrected chi connectivity index (χ4v) is 2.99. The second-order valence-corrected chi connectivity index (χ2v) is 7.13. The van der Waals surface area contributed by atoms with E-state index in [0.717, 1.165) is 17.4 Å². The lowest BCUT2D eigenvalue weighted by atomic mass is 10.2. The number of anilines is 1. The summed E-state index contributed by atoms with van der Waals surface area (Å²) in [5.74, 6) is 0. The number of pyridine rings is 2. The van der Waals surface area contributed by atoms with Gasteiger partial charge in [0.25, 0.3) is 17.5 Å². The number of para-hydroxylation sites is 1. The summed E-state index contributed by atoms with van der Waals surface area (Å²) >= 11 is 0. The predicted octanol–water partition coefficient (Wildman–Crippen LogP) is 4.68. The van der Waals surface area contributed by atoms with E-state index in [-0.39, 0.29) is 11.1 Å². The molecule has 7 heteroatoms. The van der Waals surface area contributed by atoms with Crippen LogP contribution in [-0.4, -0.2) is 23.2 Å². The number of benzene rings is 2. The topological polar surface area (TPSA) is 47.2 Å². The molecule has 2 aromatic heterocycles. The van der Waals surface area contributed by atoms with Crippen LogP contribution < -0.4 is 16.0 Å². The smallest absolute Gasteiger partial charge is 0.264 e. The van der Waals surface area contributed by atoms with Gasteiger partial charge in [-0.3, -0.25) is 18.7 Å². The number of halogens is 2. The lowest BCUT2D eigenvalue weighted by Crippen LogP contribution is -2.18. The molecule has 0 amide bonds. The largest absolute Gasteiger partial charge is 0.378 e. The maximum atomic E-state index is 12.5. The molecule has 164 valence electrons. The molecule has 0 saturated carbocycles. The monoisotopic (exact) mass is 435 g/mol. The van der Waals surface area contributed by atoms with Crippen LogP contribution in [0.5, 0.6) is 0 Å². The molecule has 4 rings (SSSR count). The summed E-state index contributed by atoms with van der Waals surface area (Å²) < 4.78 is 27.9. The Balaban J connectivity index is 0.000000193. The third kappa shape index (κ3) is 5.57. The van der Waals surface area contributed by atoms with E-state index in [9.17, 15) is 18.4 Å². The van der Waals surface area contributed by atoms with Crippen LogP contribution in [0, 0.1) is 0 Å². The highest BCUT2D eigenvalue weighted by atomic mass is 19.3. The van der Waals surface area contributed by atoms with Gasteiger partial charge in [-0.15, -0.1) is 0 Å². The Labute approximate surface area is 184 Å². The Kier molecular flexibility index (Phi) is 7.33. The van der Waals surface area contributed by atoms with Crippen molar-refractivity contribution < 1.29 is 8.78 Å². The summed E-state index contributed by atoms with van der Waals surface area (Å²) in [5, 5.41) is 0. The first-order valence-electron chi connectivity index (χ1n) is 9.88. The SMILES string of the molecule is CN(C)c1cccc(-n2ccc(C(F)F)cc2=O)c1.O=c1ccccn1-c1ccccc1. The Morgan fingerprint density at radius 1 is 0.688 bits per heavy atom. The lowest BCUT2D eigenvalue weighted by molar-refractivity contribution is 0.151. The standard InChI is InChI=1S/C14H14F2N2O.C11H9NO/c1-17(2)11-4-3-5-12(9-11)18-7-6-10(14(15)16)8-13(18)19;13-11-8-4-5-9-12(11)10-6-2-1-3-7-10/h3-9,14H,1-2H3;1-9H. The summed E-state index contributed by atoms with van der Waals surface area (Å²) in [6.45, 7) is 0. The molecule has 0 aliphatic carbocycles. The molecule has 0 fully saturated rings. The van der Waals surface area contributed by atoms with Crippen LogP contribution in [0.3, 0.4) is 0 Å². The first-order chi connectivity index (χ1) is 15.4. The molecule has 2 aromatic carbocycles. The second kappa shape index (κ2) is 10.3. The van der Waals surface area contributed by atoms with Crippen LogP contribution in [0.4, 0.5) is 14.5 Å². The molecule has 0 radical (unpaired) electrons. The molecule has 0 aliphatic rings. The number of alkyl halides is 2. The van der Waals surface area contributed by atoms with Gasteiger partial charge in [0.2, 0.25) is 0 Å². The van der Waals surface area contributed by atoms with Gasteiger partial charge in [0.1, 0.15) is 0 Å². The highest BCUT2D eigenvalue weighted by Gasteiger charge is 2.09. The molecule has 5 nitrogen and oxygen atoms in total. The summed E-state index contributed by atoms with van der Waals surface area (Å²) in [6.07, 6.45) is 0.506. The van der Waals surface area contributed by atoms with Gasteiger partial charge in [-0.25, -0.2) is 8.78 Å². The van der Waals surface area contributed by atoms with Crippen molar-refractivity contribution in [1.29, 1.82) is 0 Å². The van der Waals surface area contributed by atoms with E-state index < -0.39 is 12.0 Å². The van der Waals surface area contributed by atoms with Crippen molar-refractivity contribution in [3.63, 3.8) is 0 Å². The van der Waals surface area contributed by atoms with Crippen molar-refractivity contribution in [3.05, 3.63) is 124 Å². The molecule has 0 bridgehead atoms. The van der Waals surface area contributed by atoms with Gasteiger partial charge >= 0.3 is 0 Å². The van der Waals surface area contributed by atoms with Gasteiger partial charge in [-0.1, -0.05) is 30.3 Å². The molecular weight excluding hydrogens is 412 g/mol. The van der Waals surface area contributed by atoms with Crippen LogP contribution in [0.2, 0.25) is 0 Å². The van der Waals surface area contributed by atoms with Crippen molar-refractivity contribution in [3.8, 4) is 11.4 Å². The molecule has 0 unspecified atom stereocenters. The zero-order valence-corrected chi connectivity index (χ0v) is 17.7. The third-order valence-electron chi connectivity index (χ3n) is 4.68. The summed E-state index contributed by atoms with van der Waals surface area (Å²) in [7, 11) is 3.78. The van der Waals surface area contributed by atoms with Crippen LogP contribution in [0.25, 0.3) is 11.4 Å². The highest BCUT2D eigenvalue weighted by Crippen LogP contribution is 2.18. The molecule has 0 atom stereocenters. The van der Waals surface area contributed by atoms with E-state index in [2.05, 4.69) is 0 Å². The van der Waals surface area contributed by atoms with Gasteiger partial charge in [0, 0.05) is 55.6 Å². The first kappa shape index (κ1) is 22.7. The molecular formula is C25H23F2N3O2. The normalized spacial score (nSPS) is 10.4. The lowest BCUT2D eigenvalue weighted by Gasteiger charge is -2.14. The number of hydrogen-bond donors (Lipinski definition) is 0. The van der Waals surface area contributed by atoms with Crippen molar-refractivity contribution in [1.82, 2.24) is 9.13 Å². The molecule has 0 saturated heterocycles. The molecule has 0 aliphatic heterocycles. The Hall–Kier alpha value is -4.00. The van der Waals surface area contributed by atoms with Crippen molar-refractivity contribution in [2.75, 3.05) is 19.0 Å². The maximum absolute atomic E-state index is 12.5. The van der Waals surface area contributed by atoms with Crippen LogP contribution >= 0.6 is 0 Å². The minimum absolute atomic E-state index is 0.00583. The Bertz CT molecular complexity index is 1280. The zero-order valence-electron chi connectivity index (χ0n) is 17.7. The van der Waals surface area contributed by atoms with E-state index in [4.69, 9.17) is 0 Å². The van der Waals surface area contributed by atoms with Crippen LogP contribution in [0.15, 0.2) is 107 Å². The van der Waals surface area contributed by atoms with Crippen molar-refractivity contribution in [2.45, 2.75) is 6.43 Å². The minimum atomic E-state index is -2.63. The maximum Gasteiger partial charge on any atom is 0.264 e. The van der Waals surface area contributed by atoms with E-state index in [1.807, 2.05) is 73.6 Å². The van der Waals surface area contributed by atoms with Crippen LogP contribution in [-0.2, 0) is 0 Å². The highest BCUT2D eigenvalue weighted by molar-refractivity contribution is 5.52. The number of nitrogens with zero attached hydrogens (tertiary/aromatic N) is 3. The van der Waals surface area contributed by atoms with Gasteiger partial charge < -0.3 is 4.90 Å². The second-order valence-electron chi connectivity index (χ2n) is 7.13. The van der Waals surface area contributed by atoms with Gasteiger partial charge in [-0.2, -0.15) is 0 Å². The van der Waals surface area contributed by atoms with E-state index >= 15 is 0 Å². The Morgan fingerprint density at radius 2 is 1.34 bits per heavy atom. The molecule has 0 spiro atoms. The average molecular weight is 435 g/mol. The predicted molar refractivity (Wildman–Crippen MR) is 123 cm³/mol. The molecule has 0 N–H and O–H groups in total. The molecule has 32 heavy (non-hydrogen) atoms. The van der Waals surface area contributed by atoms with E-state index in [0.29, 0.717) is 5.69 Å². The van der Waals surface area contributed by atoms with Gasteiger partial charge in [0.15, 0.2) is 0 Å². The first-order valence-corrected chi connectivity index (χ1v) is 9.88. The summed E-state index contributed by atoms with van der Waals surface area (Å²) in [5.41, 5.74) is 1.75. The van der Waals surface area contributed by atoms with Crippen molar-refractivity contribution in [2.24, 2.45) is 0 Å². The molecule has 4 aromatic rings. The van der Waals surface area contributed by atoms with Crippen molar-refractivity contribution >= 4 is 5.69 Å². The Morgan fingerprint density at radius 3 is 1.97 bits per heavy atom. The third-order valence-corrected chi connectivity index (χ3v) is 4.68. The average Bonchev–Trinajstić information content (AvgIpc) is 2.80. The number of aromatic nitrogens is 2. The molecule has 2 heterocycles. The van der Waals surface area contributed by atoms with Crippen LogP contribution in [0.1, 0.15) is 12.0 Å².